The van der Waals surface area contributed by atoms with Crippen molar-refractivity contribution in [3.05, 3.63) is 0 Å². The summed E-state index contributed by atoms with van der Waals surface area (Å²) in [7, 11) is 2.70. The van der Waals surface area contributed by atoms with Crippen molar-refractivity contribution >= 4 is 45.5 Å². The van der Waals surface area contributed by atoms with E-state index in [4.69, 9.17) is 0 Å². The Morgan fingerprint density at radius 3 is 2.00 bits per heavy atom. The van der Waals surface area contributed by atoms with Crippen LogP contribution in [0.1, 0.15) is 53.4 Å². The Balaban J connectivity index is 3.65. The third-order valence-electron chi connectivity index (χ3n) is 3.01. The van der Waals surface area contributed by atoms with E-state index in [0.29, 0.717) is 18.8 Å². The van der Waals surface area contributed by atoms with Crippen LogP contribution < -0.4 is 21.3 Å². The molecule has 156 valence electrons. The number of hydrogen-bond donors (Lipinski definition) is 4. The lowest BCUT2D eigenvalue weighted by molar-refractivity contribution is -0.121. The van der Waals surface area contributed by atoms with Crippen LogP contribution in [-0.2, 0) is 9.59 Å². The zero-order valence-corrected chi connectivity index (χ0v) is 18.2. The summed E-state index contributed by atoms with van der Waals surface area (Å²) >= 11 is 0. The fraction of sp³-hybridized carbons (Fsp3) is 0.765. The molecular formula is C17H32N4O4S2. The van der Waals surface area contributed by atoms with Crippen LogP contribution in [0.4, 0.5) is 9.59 Å². The van der Waals surface area contributed by atoms with Gasteiger partial charge in [-0.15, -0.1) is 0 Å². The summed E-state index contributed by atoms with van der Waals surface area (Å²) in [5.74, 6) is 0.0383. The van der Waals surface area contributed by atoms with Crippen molar-refractivity contribution in [2.24, 2.45) is 5.41 Å². The van der Waals surface area contributed by atoms with E-state index >= 15 is 0 Å². The van der Waals surface area contributed by atoms with Crippen LogP contribution in [0.25, 0.3) is 0 Å². The van der Waals surface area contributed by atoms with Crippen LogP contribution in [-0.4, -0.2) is 48.5 Å². The van der Waals surface area contributed by atoms with Gasteiger partial charge in [0.05, 0.1) is 5.75 Å². The number of hydrogen-bond acceptors (Lipinski definition) is 6. The molecule has 0 aromatic carbocycles. The van der Waals surface area contributed by atoms with Crippen molar-refractivity contribution in [3.63, 3.8) is 0 Å². The van der Waals surface area contributed by atoms with E-state index in [1.165, 1.54) is 21.6 Å². The third kappa shape index (κ3) is 17.7. The topological polar surface area (TPSA) is 116 Å². The highest BCUT2D eigenvalue weighted by atomic mass is 33.1. The molecule has 0 bridgehead atoms. The molecule has 0 saturated heterocycles. The lowest BCUT2D eigenvalue weighted by Crippen LogP contribution is -2.41. The standard InChI is InChI=1S/C17H32N4O4S2/c1-5-6-7-8-18-15(24)21-14(23)12-27-26-10-9-19-16(25)20-13(22)11-17(2,3)4/h5-12H2,1-4H3,(H2,18,21,23,24)(H2,19,20,22,25). The molecule has 10 heteroatoms. The lowest BCUT2D eigenvalue weighted by Gasteiger charge is -2.16. The predicted molar refractivity (Wildman–Crippen MR) is 112 cm³/mol. The van der Waals surface area contributed by atoms with Crippen LogP contribution in [0.3, 0.4) is 0 Å². The smallest absolute Gasteiger partial charge is 0.321 e. The van der Waals surface area contributed by atoms with Crippen molar-refractivity contribution in [2.75, 3.05) is 24.6 Å². The molecular weight excluding hydrogens is 388 g/mol. The molecule has 8 nitrogen and oxygen atoms in total. The largest absolute Gasteiger partial charge is 0.338 e. The number of rotatable bonds is 11. The third-order valence-corrected chi connectivity index (χ3v) is 5.28. The fourth-order valence-electron chi connectivity index (χ4n) is 1.84. The monoisotopic (exact) mass is 420 g/mol. The van der Waals surface area contributed by atoms with Crippen LogP contribution in [0.15, 0.2) is 0 Å². The van der Waals surface area contributed by atoms with Crippen LogP contribution in [0.2, 0.25) is 0 Å². The van der Waals surface area contributed by atoms with Gasteiger partial charge < -0.3 is 10.6 Å². The summed E-state index contributed by atoms with van der Waals surface area (Å²) in [5, 5.41) is 9.76. The van der Waals surface area contributed by atoms with Gasteiger partial charge in [0.25, 0.3) is 0 Å². The van der Waals surface area contributed by atoms with Crippen molar-refractivity contribution < 1.29 is 19.2 Å². The van der Waals surface area contributed by atoms with Gasteiger partial charge >= 0.3 is 12.1 Å². The van der Waals surface area contributed by atoms with Gasteiger partial charge in [-0.05, 0) is 11.8 Å². The second kappa shape index (κ2) is 14.6. The first-order valence-electron chi connectivity index (χ1n) is 9.04. The van der Waals surface area contributed by atoms with Crippen molar-refractivity contribution in [3.8, 4) is 0 Å². The lowest BCUT2D eigenvalue weighted by atomic mass is 9.92. The maximum atomic E-state index is 11.6. The Morgan fingerprint density at radius 2 is 1.41 bits per heavy atom. The first-order valence-corrected chi connectivity index (χ1v) is 11.5. The van der Waals surface area contributed by atoms with E-state index in [1.807, 2.05) is 20.8 Å². The number of imide groups is 2. The quantitative estimate of drug-likeness (QED) is 0.302. The van der Waals surface area contributed by atoms with E-state index in [9.17, 15) is 19.2 Å². The molecule has 0 aliphatic rings. The highest BCUT2D eigenvalue weighted by Crippen LogP contribution is 2.19. The molecule has 0 aromatic rings. The maximum absolute atomic E-state index is 11.6. The molecule has 0 atom stereocenters. The van der Waals surface area contributed by atoms with E-state index in [2.05, 4.69) is 28.2 Å². The second-order valence-electron chi connectivity index (χ2n) is 7.14. The van der Waals surface area contributed by atoms with Gasteiger partial charge in [0.15, 0.2) is 0 Å². The molecule has 0 aromatic heterocycles. The molecule has 0 aliphatic heterocycles. The molecule has 0 fully saturated rings. The molecule has 6 amide bonds. The number of carbonyl (C=O) groups excluding carboxylic acids is 4. The molecule has 0 spiro atoms. The van der Waals surface area contributed by atoms with Gasteiger partial charge in [-0.25, -0.2) is 9.59 Å². The number of urea groups is 2. The minimum Gasteiger partial charge on any atom is -0.338 e. The minimum absolute atomic E-state index is 0.142. The summed E-state index contributed by atoms with van der Waals surface area (Å²) in [6, 6.07) is -0.993. The minimum atomic E-state index is -0.521. The molecule has 0 radical (unpaired) electrons. The van der Waals surface area contributed by atoms with Gasteiger partial charge in [0, 0.05) is 25.3 Å². The second-order valence-corrected chi connectivity index (χ2v) is 9.72. The Morgan fingerprint density at radius 1 is 0.815 bits per heavy atom. The molecule has 4 N–H and O–H groups in total. The Hall–Kier alpha value is -1.42. The highest BCUT2D eigenvalue weighted by Gasteiger charge is 2.17. The Labute approximate surface area is 169 Å². The van der Waals surface area contributed by atoms with Gasteiger partial charge in [0.1, 0.15) is 0 Å². The number of carbonyl (C=O) groups is 4. The first kappa shape index (κ1) is 25.6. The average Bonchev–Trinajstić information content (AvgIpc) is 2.52. The van der Waals surface area contributed by atoms with E-state index in [0.717, 1.165) is 19.3 Å². The normalized spacial score (nSPS) is 10.8. The van der Waals surface area contributed by atoms with Gasteiger partial charge in [-0.1, -0.05) is 62.1 Å². The molecule has 0 heterocycles. The average molecular weight is 421 g/mol. The van der Waals surface area contributed by atoms with Gasteiger partial charge in [0.2, 0.25) is 11.8 Å². The van der Waals surface area contributed by atoms with Crippen LogP contribution in [0.5, 0.6) is 0 Å². The molecule has 27 heavy (non-hydrogen) atoms. The summed E-state index contributed by atoms with van der Waals surface area (Å²) in [6.45, 7) is 8.76. The highest BCUT2D eigenvalue weighted by molar-refractivity contribution is 8.76. The van der Waals surface area contributed by atoms with E-state index < -0.39 is 12.1 Å². The predicted octanol–water partition coefficient (Wildman–Crippen LogP) is 2.65. The number of unbranched alkanes of at least 4 members (excludes halogenated alkanes) is 2. The molecule has 0 aliphatic carbocycles. The SMILES string of the molecule is CCCCCNC(=O)NC(=O)CSSCCNC(=O)NC(=O)CC(C)(C)C. The van der Waals surface area contributed by atoms with E-state index in [1.54, 1.807) is 0 Å². The first-order chi connectivity index (χ1) is 12.6. The Kier molecular flexibility index (Phi) is 13.8. The van der Waals surface area contributed by atoms with Gasteiger partial charge in [-0.3, -0.25) is 20.2 Å². The van der Waals surface area contributed by atoms with E-state index in [-0.39, 0.29) is 29.4 Å². The van der Waals surface area contributed by atoms with Gasteiger partial charge in [-0.2, -0.15) is 0 Å². The van der Waals surface area contributed by atoms with Crippen LogP contribution in [0, 0.1) is 5.41 Å². The summed E-state index contributed by atoms with van der Waals surface area (Å²) in [5.41, 5.74) is -0.177. The summed E-state index contributed by atoms with van der Waals surface area (Å²) < 4.78 is 0. The van der Waals surface area contributed by atoms with Crippen molar-refractivity contribution in [2.45, 2.75) is 53.4 Å². The zero-order valence-electron chi connectivity index (χ0n) is 16.6. The zero-order chi connectivity index (χ0) is 20.7. The molecule has 0 rings (SSSR count). The fourth-order valence-corrected chi connectivity index (χ4v) is 3.58. The Bertz CT molecular complexity index is 496. The molecule has 0 unspecified atom stereocenters. The maximum Gasteiger partial charge on any atom is 0.321 e. The summed E-state index contributed by atoms with van der Waals surface area (Å²) in [6.07, 6.45) is 3.27. The molecule has 0 saturated carbocycles. The van der Waals surface area contributed by atoms with Crippen molar-refractivity contribution in [1.82, 2.24) is 21.3 Å². The van der Waals surface area contributed by atoms with Crippen LogP contribution >= 0.6 is 21.6 Å². The summed E-state index contributed by atoms with van der Waals surface area (Å²) in [4.78, 5) is 46.2. The number of nitrogens with one attached hydrogen (secondary N) is 4. The number of amides is 6. The van der Waals surface area contributed by atoms with Crippen molar-refractivity contribution in [1.29, 1.82) is 0 Å².